The van der Waals surface area contributed by atoms with Gasteiger partial charge in [-0.05, 0) is 138 Å². The zero-order valence-electron chi connectivity index (χ0n) is 34.8. The van der Waals surface area contributed by atoms with E-state index in [0.29, 0.717) is 0 Å². The average molecular weight is 821 g/mol. The Balaban J connectivity index is 1.09. The smallest absolute Gasteiger partial charge is 0.151 e. The highest BCUT2D eigenvalue weighted by Gasteiger charge is 2.27. The van der Waals surface area contributed by atoms with Crippen molar-refractivity contribution < 1.29 is 9.47 Å². The summed E-state index contributed by atoms with van der Waals surface area (Å²) in [7, 11) is 0. The molecular weight excluding hydrogens is 781 g/mol. The van der Waals surface area contributed by atoms with Gasteiger partial charge in [-0.2, -0.15) is 0 Å². The van der Waals surface area contributed by atoms with E-state index >= 15 is 0 Å². The van der Waals surface area contributed by atoms with E-state index in [-0.39, 0.29) is 0 Å². The summed E-state index contributed by atoms with van der Waals surface area (Å²) in [5.74, 6) is 3.18. The molecule has 302 valence electrons. The maximum absolute atomic E-state index is 6.44. The molecule has 0 aliphatic carbocycles. The van der Waals surface area contributed by atoms with Gasteiger partial charge >= 0.3 is 0 Å². The summed E-state index contributed by atoms with van der Waals surface area (Å²) in [6.07, 6.45) is 0. The lowest BCUT2D eigenvalue weighted by Gasteiger charge is -2.33. The number of rotatable bonds is 8. The van der Waals surface area contributed by atoms with Gasteiger partial charge in [0.1, 0.15) is 5.75 Å². The van der Waals surface area contributed by atoms with E-state index < -0.39 is 0 Å². The van der Waals surface area contributed by atoms with Crippen molar-refractivity contribution in [3.05, 3.63) is 237 Å². The Morgan fingerprint density at radius 1 is 0.391 bits per heavy atom. The molecule has 1 aliphatic rings. The molecular formula is C60H40N2O2. The van der Waals surface area contributed by atoms with Gasteiger partial charge in [0.05, 0.1) is 17.1 Å². The zero-order valence-corrected chi connectivity index (χ0v) is 34.8. The molecule has 0 unspecified atom stereocenters. The molecule has 11 aromatic rings. The predicted octanol–water partition coefficient (Wildman–Crippen LogP) is 17.3. The summed E-state index contributed by atoms with van der Waals surface area (Å²) in [6.45, 7) is 0. The Labute approximate surface area is 371 Å². The van der Waals surface area contributed by atoms with Crippen LogP contribution < -0.4 is 19.7 Å². The molecule has 1 aliphatic heterocycles. The second kappa shape index (κ2) is 15.7. The van der Waals surface area contributed by atoms with Gasteiger partial charge in [0.2, 0.25) is 0 Å². The van der Waals surface area contributed by atoms with Gasteiger partial charge in [0.25, 0.3) is 0 Å². The van der Waals surface area contributed by atoms with Crippen molar-refractivity contribution in [2.24, 2.45) is 0 Å². The third kappa shape index (κ3) is 6.57. The van der Waals surface area contributed by atoms with Crippen molar-refractivity contribution in [1.82, 2.24) is 0 Å². The first-order valence-corrected chi connectivity index (χ1v) is 21.7. The number of hydrogen-bond acceptors (Lipinski definition) is 4. The molecule has 4 nitrogen and oxygen atoms in total. The third-order valence-corrected chi connectivity index (χ3v) is 12.3. The Morgan fingerprint density at radius 3 is 1.73 bits per heavy atom. The second-order valence-electron chi connectivity index (χ2n) is 16.1. The molecule has 12 rings (SSSR count). The van der Waals surface area contributed by atoms with Crippen molar-refractivity contribution in [2.75, 3.05) is 10.2 Å². The van der Waals surface area contributed by atoms with Crippen LogP contribution in [0.25, 0.3) is 65.7 Å². The quantitative estimate of drug-likeness (QED) is 0.155. The van der Waals surface area contributed by atoms with Crippen LogP contribution in [0.1, 0.15) is 0 Å². The maximum atomic E-state index is 6.44. The van der Waals surface area contributed by atoms with Gasteiger partial charge in [-0.15, -0.1) is 0 Å². The topological polar surface area (TPSA) is 33.7 Å². The van der Waals surface area contributed by atoms with Crippen LogP contribution in [0, 0.1) is 0 Å². The van der Waals surface area contributed by atoms with Crippen molar-refractivity contribution in [3.8, 4) is 56.4 Å². The zero-order chi connectivity index (χ0) is 42.4. The van der Waals surface area contributed by atoms with E-state index in [1.807, 2.05) is 72.8 Å². The number of anilines is 5. The number of para-hydroxylation sites is 7. The van der Waals surface area contributed by atoms with Crippen molar-refractivity contribution in [3.63, 3.8) is 0 Å². The van der Waals surface area contributed by atoms with Crippen LogP contribution in [0.15, 0.2) is 237 Å². The lowest BCUT2D eigenvalue weighted by molar-refractivity contribution is 0.477. The lowest BCUT2D eigenvalue weighted by Crippen LogP contribution is -2.15. The molecule has 0 radical (unpaired) electrons. The summed E-state index contributed by atoms with van der Waals surface area (Å²) >= 11 is 0. The van der Waals surface area contributed by atoms with Crippen LogP contribution in [-0.4, -0.2) is 0 Å². The molecule has 0 spiro atoms. The minimum absolute atomic E-state index is 0.750. The number of nitrogens with one attached hydrogen (secondary N) is 1. The average Bonchev–Trinajstić information content (AvgIpc) is 3.36. The number of benzene rings is 11. The van der Waals surface area contributed by atoms with E-state index in [4.69, 9.17) is 9.47 Å². The highest BCUT2D eigenvalue weighted by molar-refractivity contribution is 6.22. The molecule has 0 aromatic heterocycles. The largest absolute Gasteiger partial charge is 0.455 e. The molecule has 0 amide bonds. The Morgan fingerprint density at radius 2 is 0.969 bits per heavy atom. The van der Waals surface area contributed by atoms with Crippen LogP contribution >= 0.6 is 0 Å². The molecule has 0 fully saturated rings. The fourth-order valence-corrected chi connectivity index (χ4v) is 9.37. The maximum Gasteiger partial charge on any atom is 0.151 e. The van der Waals surface area contributed by atoms with Crippen molar-refractivity contribution in [1.29, 1.82) is 0 Å². The van der Waals surface area contributed by atoms with Crippen LogP contribution in [0.2, 0.25) is 0 Å². The predicted molar refractivity (Wildman–Crippen MR) is 266 cm³/mol. The normalized spacial score (nSPS) is 11.8. The monoisotopic (exact) mass is 820 g/mol. The van der Waals surface area contributed by atoms with Gasteiger partial charge in [0, 0.05) is 11.4 Å². The van der Waals surface area contributed by atoms with Crippen LogP contribution in [-0.2, 0) is 0 Å². The van der Waals surface area contributed by atoms with E-state index in [0.717, 1.165) is 84.1 Å². The SMILES string of the molecule is c1ccc(Oc2ccccc2Nc2ccc3c(-c4ccccc4)c4cc(N5c6ccccc6Oc6ccccc65)ccc4c(-c4ccc(-c5cccc6ccccc56)cc4)c3c2)cc1. The third-order valence-electron chi connectivity index (χ3n) is 12.3. The van der Waals surface area contributed by atoms with Gasteiger partial charge < -0.3 is 19.7 Å². The van der Waals surface area contributed by atoms with Gasteiger partial charge in [-0.1, -0.05) is 164 Å². The summed E-state index contributed by atoms with van der Waals surface area (Å²) in [6, 6.07) is 83.4. The molecule has 11 aromatic carbocycles. The highest BCUT2D eigenvalue weighted by atomic mass is 16.5. The Hall–Kier alpha value is -8.60. The van der Waals surface area contributed by atoms with Crippen LogP contribution in [0.5, 0.6) is 23.0 Å². The molecule has 0 bridgehead atoms. The van der Waals surface area contributed by atoms with E-state index in [1.54, 1.807) is 0 Å². The molecule has 4 heteroatoms. The van der Waals surface area contributed by atoms with Crippen LogP contribution in [0.3, 0.4) is 0 Å². The number of ether oxygens (including phenoxy) is 2. The molecule has 0 saturated carbocycles. The minimum Gasteiger partial charge on any atom is -0.455 e. The number of hydrogen-bond donors (Lipinski definition) is 1. The fraction of sp³-hybridized carbons (Fsp3) is 0. The van der Waals surface area contributed by atoms with E-state index in [1.165, 1.54) is 33.0 Å². The van der Waals surface area contributed by atoms with Gasteiger partial charge in [-0.25, -0.2) is 0 Å². The standard InChI is InChI=1S/C60H40N2O2/c1-3-17-42(18-4-1)59-49-36-34-44(61-53-24-9-12-27-56(53)63-46-20-5-2-6-21-46)38-51(49)60(43-32-30-41(31-33-43)48-23-15-19-40-16-7-8-22-47(40)48)50-37-35-45(39-52(50)59)62-54-25-10-13-28-57(54)64-58-29-14-11-26-55(58)62/h1-39,61H. The molecule has 0 saturated heterocycles. The summed E-state index contributed by atoms with van der Waals surface area (Å²) in [4.78, 5) is 2.33. The first-order valence-electron chi connectivity index (χ1n) is 21.7. The number of nitrogens with zero attached hydrogens (tertiary/aromatic N) is 1. The molecule has 0 atom stereocenters. The van der Waals surface area contributed by atoms with Crippen LogP contribution in [0.4, 0.5) is 28.4 Å². The summed E-state index contributed by atoms with van der Waals surface area (Å²) in [5, 5.41) is 10.8. The van der Waals surface area contributed by atoms with Crippen molar-refractivity contribution >= 4 is 60.8 Å². The summed E-state index contributed by atoms with van der Waals surface area (Å²) < 4.78 is 12.8. The Bertz CT molecular complexity index is 3480. The molecule has 1 heterocycles. The van der Waals surface area contributed by atoms with Gasteiger partial charge in [-0.3, -0.25) is 0 Å². The summed E-state index contributed by atoms with van der Waals surface area (Å²) in [5.41, 5.74) is 11.9. The van der Waals surface area contributed by atoms with E-state index in [2.05, 4.69) is 174 Å². The van der Waals surface area contributed by atoms with Gasteiger partial charge in [0.15, 0.2) is 17.2 Å². The minimum atomic E-state index is 0.750. The highest BCUT2D eigenvalue weighted by Crippen LogP contribution is 2.52. The number of fused-ring (bicyclic) bond motifs is 5. The second-order valence-corrected chi connectivity index (χ2v) is 16.1. The fourth-order valence-electron chi connectivity index (χ4n) is 9.37. The van der Waals surface area contributed by atoms with Crippen molar-refractivity contribution in [2.45, 2.75) is 0 Å². The van der Waals surface area contributed by atoms with E-state index in [9.17, 15) is 0 Å². The molecule has 64 heavy (non-hydrogen) atoms. The Kier molecular flexibility index (Phi) is 9.12. The lowest BCUT2D eigenvalue weighted by atomic mass is 9.85. The first-order chi connectivity index (χ1) is 31.7. The molecule has 1 N–H and O–H groups in total. The first kappa shape index (κ1) is 37.2.